The van der Waals surface area contributed by atoms with Crippen molar-refractivity contribution >= 4 is 11.6 Å². The number of nitrogens with one attached hydrogen (secondary N) is 1. The van der Waals surface area contributed by atoms with Crippen LogP contribution in [0.5, 0.6) is 0 Å². The summed E-state index contributed by atoms with van der Waals surface area (Å²) in [5.41, 5.74) is 2.38. The number of carbonyl (C=O) groups is 1. The first kappa shape index (κ1) is 13.9. The highest BCUT2D eigenvalue weighted by Gasteiger charge is 2.28. The second-order valence-electron chi connectivity index (χ2n) is 4.85. The molecule has 4 heteroatoms. The Bertz CT molecular complexity index is 434. The maximum atomic E-state index is 12.1. The average Bonchev–Trinajstić information content (AvgIpc) is 2.62. The number of hydrogen-bond donors (Lipinski definition) is 2. The maximum Gasteiger partial charge on any atom is 0.242 e. The lowest BCUT2D eigenvalue weighted by atomic mass is 10.1. The summed E-state index contributed by atoms with van der Waals surface area (Å²) in [6.45, 7) is 3.71. The van der Waals surface area contributed by atoms with E-state index in [-0.39, 0.29) is 18.6 Å². The van der Waals surface area contributed by atoms with Gasteiger partial charge >= 0.3 is 0 Å². The molecule has 1 heterocycles. The van der Waals surface area contributed by atoms with Gasteiger partial charge in [-0.3, -0.25) is 4.79 Å². The van der Waals surface area contributed by atoms with Gasteiger partial charge in [0.05, 0.1) is 0 Å². The van der Waals surface area contributed by atoms with Gasteiger partial charge in [0.25, 0.3) is 0 Å². The number of carbonyl (C=O) groups excluding carboxylic acids is 1. The molecule has 2 N–H and O–H groups in total. The van der Waals surface area contributed by atoms with Crippen LogP contribution in [-0.4, -0.2) is 36.8 Å². The molecule has 1 aliphatic heterocycles. The van der Waals surface area contributed by atoms with Crippen LogP contribution in [0, 0.1) is 0 Å². The molecular formula is C15H22N2O2. The van der Waals surface area contributed by atoms with Gasteiger partial charge in [-0.1, -0.05) is 25.1 Å². The second-order valence-corrected chi connectivity index (χ2v) is 4.85. The minimum Gasteiger partial charge on any atom is -0.396 e. The minimum absolute atomic E-state index is 0.0254. The lowest BCUT2D eigenvalue weighted by Gasteiger charge is -2.31. The topological polar surface area (TPSA) is 52.6 Å². The summed E-state index contributed by atoms with van der Waals surface area (Å²) in [6.07, 6.45) is 2.36. The normalized spacial score (nSPS) is 20.0. The fourth-order valence-electron chi connectivity index (χ4n) is 2.66. The SMILES string of the molecule is CCc1ccccc1N1CCCNC(=O)C1CCO. The van der Waals surface area contributed by atoms with Crippen molar-refractivity contribution in [2.75, 3.05) is 24.6 Å². The van der Waals surface area contributed by atoms with E-state index in [1.807, 2.05) is 12.1 Å². The van der Waals surface area contributed by atoms with Crippen molar-refractivity contribution < 1.29 is 9.90 Å². The van der Waals surface area contributed by atoms with E-state index in [1.54, 1.807) is 0 Å². The predicted molar refractivity (Wildman–Crippen MR) is 76.3 cm³/mol. The third-order valence-electron chi connectivity index (χ3n) is 3.64. The highest BCUT2D eigenvalue weighted by atomic mass is 16.3. The van der Waals surface area contributed by atoms with Crippen molar-refractivity contribution in [1.29, 1.82) is 0 Å². The van der Waals surface area contributed by atoms with Crippen molar-refractivity contribution in [3.63, 3.8) is 0 Å². The third kappa shape index (κ3) is 3.07. The Kier molecular flexibility index (Phi) is 4.80. The minimum atomic E-state index is -0.264. The van der Waals surface area contributed by atoms with Crippen LogP contribution in [-0.2, 0) is 11.2 Å². The Morgan fingerprint density at radius 1 is 1.42 bits per heavy atom. The fourth-order valence-corrected chi connectivity index (χ4v) is 2.66. The van der Waals surface area contributed by atoms with E-state index in [2.05, 4.69) is 29.3 Å². The average molecular weight is 262 g/mol. The van der Waals surface area contributed by atoms with E-state index < -0.39 is 0 Å². The molecule has 0 aliphatic carbocycles. The van der Waals surface area contributed by atoms with Crippen LogP contribution in [0.15, 0.2) is 24.3 Å². The first-order valence-electron chi connectivity index (χ1n) is 7.01. The molecule has 0 spiro atoms. The third-order valence-corrected chi connectivity index (χ3v) is 3.64. The Balaban J connectivity index is 2.34. The van der Waals surface area contributed by atoms with Crippen LogP contribution < -0.4 is 10.2 Å². The molecule has 0 saturated carbocycles. The molecule has 0 aromatic heterocycles. The van der Waals surface area contributed by atoms with Crippen molar-refractivity contribution in [3.8, 4) is 0 Å². The zero-order chi connectivity index (χ0) is 13.7. The second kappa shape index (κ2) is 6.57. The molecule has 104 valence electrons. The van der Waals surface area contributed by atoms with E-state index in [0.29, 0.717) is 13.0 Å². The number of anilines is 1. The van der Waals surface area contributed by atoms with Crippen LogP contribution in [0.2, 0.25) is 0 Å². The molecule has 19 heavy (non-hydrogen) atoms. The summed E-state index contributed by atoms with van der Waals surface area (Å²) < 4.78 is 0. The van der Waals surface area contributed by atoms with Gasteiger partial charge in [-0.05, 0) is 30.9 Å². The number of aryl methyl sites for hydroxylation is 1. The largest absolute Gasteiger partial charge is 0.396 e. The van der Waals surface area contributed by atoms with Gasteiger partial charge in [-0.15, -0.1) is 0 Å². The Morgan fingerprint density at radius 2 is 2.21 bits per heavy atom. The van der Waals surface area contributed by atoms with Crippen molar-refractivity contribution in [1.82, 2.24) is 5.32 Å². The summed E-state index contributed by atoms with van der Waals surface area (Å²) >= 11 is 0. The zero-order valence-electron chi connectivity index (χ0n) is 11.4. The number of benzene rings is 1. The molecule has 0 radical (unpaired) electrons. The Hall–Kier alpha value is -1.55. The Labute approximate surface area is 114 Å². The van der Waals surface area contributed by atoms with Gasteiger partial charge in [-0.2, -0.15) is 0 Å². The molecule has 1 aromatic carbocycles. The highest BCUT2D eigenvalue weighted by Crippen LogP contribution is 2.25. The molecule has 1 aliphatic rings. The van der Waals surface area contributed by atoms with Gasteiger partial charge < -0.3 is 15.3 Å². The van der Waals surface area contributed by atoms with Crippen LogP contribution in [0.25, 0.3) is 0 Å². The van der Waals surface area contributed by atoms with Gasteiger partial charge in [0, 0.05) is 25.4 Å². The number of aliphatic hydroxyl groups excluding tert-OH is 1. The maximum absolute atomic E-state index is 12.1. The monoisotopic (exact) mass is 262 g/mol. The quantitative estimate of drug-likeness (QED) is 0.860. The molecular weight excluding hydrogens is 240 g/mol. The molecule has 0 bridgehead atoms. The van der Waals surface area contributed by atoms with Crippen LogP contribution in [0.4, 0.5) is 5.69 Å². The molecule has 1 fully saturated rings. The lowest BCUT2D eigenvalue weighted by Crippen LogP contribution is -2.45. The summed E-state index contributed by atoms with van der Waals surface area (Å²) in [6, 6.07) is 7.95. The number of aliphatic hydroxyl groups is 1. The van der Waals surface area contributed by atoms with Crippen LogP contribution in [0.1, 0.15) is 25.3 Å². The number of rotatable bonds is 4. The fraction of sp³-hybridized carbons (Fsp3) is 0.533. The van der Waals surface area contributed by atoms with Gasteiger partial charge in [-0.25, -0.2) is 0 Å². The van der Waals surface area contributed by atoms with Crippen LogP contribution in [0.3, 0.4) is 0 Å². The molecule has 4 nitrogen and oxygen atoms in total. The van der Waals surface area contributed by atoms with Crippen molar-refractivity contribution in [3.05, 3.63) is 29.8 Å². The summed E-state index contributed by atoms with van der Waals surface area (Å²) in [5, 5.41) is 12.1. The van der Waals surface area contributed by atoms with E-state index in [4.69, 9.17) is 0 Å². The van der Waals surface area contributed by atoms with Crippen molar-refractivity contribution in [2.24, 2.45) is 0 Å². The number of amides is 1. The number of para-hydroxylation sites is 1. The first-order valence-corrected chi connectivity index (χ1v) is 7.01. The summed E-state index contributed by atoms with van der Waals surface area (Å²) in [7, 11) is 0. The van der Waals surface area contributed by atoms with Crippen molar-refractivity contribution in [2.45, 2.75) is 32.2 Å². The van der Waals surface area contributed by atoms with E-state index in [1.165, 1.54) is 5.56 Å². The molecule has 1 atom stereocenters. The van der Waals surface area contributed by atoms with E-state index >= 15 is 0 Å². The molecule has 1 unspecified atom stereocenters. The zero-order valence-corrected chi connectivity index (χ0v) is 11.4. The lowest BCUT2D eigenvalue weighted by molar-refractivity contribution is -0.122. The number of hydrogen-bond acceptors (Lipinski definition) is 3. The van der Waals surface area contributed by atoms with E-state index in [0.717, 1.165) is 25.1 Å². The van der Waals surface area contributed by atoms with Crippen LogP contribution >= 0.6 is 0 Å². The summed E-state index contributed by atoms with van der Waals surface area (Å²) in [4.78, 5) is 14.3. The molecule has 1 saturated heterocycles. The molecule has 1 amide bonds. The smallest absolute Gasteiger partial charge is 0.242 e. The predicted octanol–water partition coefficient (Wildman–Crippen LogP) is 1.33. The molecule has 2 rings (SSSR count). The number of nitrogens with zero attached hydrogens (tertiary/aromatic N) is 1. The van der Waals surface area contributed by atoms with E-state index in [9.17, 15) is 9.90 Å². The Morgan fingerprint density at radius 3 is 2.95 bits per heavy atom. The highest BCUT2D eigenvalue weighted by molar-refractivity contribution is 5.86. The van der Waals surface area contributed by atoms with Gasteiger partial charge in [0.2, 0.25) is 5.91 Å². The first-order chi connectivity index (χ1) is 9.27. The summed E-state index contributed by atoms with van der Waals surface area (Å²) in [5.74, 6) is 0.0254. The molecule has 1 aromatic rings. The van der Waals surface area contributed by atoms with Gasteiger partial charge in [0.1, 0.15) is 6.04 Å². The van der Waals surface area contributed by atoms with Gasteiger partial charge in [0.15, 0.2) is 0 Å². The standard InChI is InChI=1S/C15H22N2O2/c1-2-12-6-3-4-7-13(12)17-10-5-9-16-15(19)14(17)8-11-18/h3-4,6-7,14,18H,2,5,8-11H2,1H3,(H,16,19).